The van der Waals surface area contributed by atoms with E-state index in [-0.39, 0.29) is 24.2 Å². The average Bonchev–Trinajstić information content (AvgIpc) is 3.10. The Kier molecular flexibility index (Phi) is 8.39. The van der Waals surface area contributed by atoms with Crippen LogP contribution >= 0.6 is 0 Å². The molecule has 3 atom stereocenters. The van der Waals surface area contributed by atoms with E-state index in [1.165, 1.54) is 31.1 Å². The lowest BCUT2D eigenvalue weighted by Crippen LogP contribution is -2.62. The van der Waals surface area contributed by atoms with Crippen molar-refractivity contribution >= 4 is 23.4 Å². The van der Waals surface area contributed by atoms with Crippen LogP contribution in [0.2, 0.25) is 0 Å². The first kappa shape index (κ1) is 29.9. The number of benzene rings is 4. The molecule has 3 aliphatic rings. The highest BCUT2D eigenvalue weighted by atomic mass is 16.6. The average molecular weight is 617 g/mol. The molecule has 4 aromatic carbocycles. The lowest BCUT2D eigenvalue weighted by Gasteiger charge is -2.58. The molecule has 1 saturated heterocycles. The fraction of sp³-hybridized carbons (Fsp3) is 0.333. The molecule has 2 bridgehead atoms. The number of esters is 1. The predicted octanol–water partition coefficient (Wildman–Crippen LogP) is 8.19. The van der Waals surface area contributed by atoms with Crippen LogP contribution < -0.4 is 10.1 Å². The summed E-state index contributed by atoms with van der Waals surface area (Å²) >= 11 is 0. The Labute approximate surface area is 270 Å². The van der Waals surface area contributed by atoms with E-state index in [2.05, 4.69) is 29.6 Å². The molecule has 0 spiro atoms. The molecular weight excluding hydrogens is 576 g/mol. The van der Waals surface area contributed by atoms with E-state index in [0.29, 0.717) is 30.3 Å². The Balaban J connectivity index is 1.25. The second-order valence-electron chi connectivity index (χ2n) is 12.7. The van der Waals surface area contributed by atoms with Crippen molar-refractivity contribution < 1.29 is 23.8 Å². The van der Waals surface area contributed by atoms with Crippen LogP contribution in [0, 0.1) is 5.92 Å². The van der Waals surface area contributed by atoms with E-state index in [4.69, 9.17) is 14.2 Å². The van der Waals surface area contributed by atoms with Crippen LogP contribution in [0.5, 0.6) is 5.75 Å². The molecule has 1 heterocycles. The molecule has 7 rings (SSSR count). The lowest BCUT2D eigenvalue weighted by atomic mass is 9.52. The molecule has 0 radical (unpaired) electrons. The SMILES string of the molecule is COC(=O)c1ccccc1Nc1cc2c(cc1OCc1ccccc1)[C@@]13CCCC[C@H]1[C@@H](C2)N(C(=O)OCc1ccccc1)CC3. The molecule has 7 heteroatoms. The predicted molar refractivity (Wildman–Crippen MR) is 177 cm³/mol. The summed E-state index contributed by atoms with van der Waals surface area (Å²) in [6, 6.07) is 31.9. The second-order valence-corrected chi connectivity index (χ2v) is 12.7. The van der Waals surface area contributed by atoms with Gasteiger partial charge in [0.05, 0.1) is 24.0 Å². The minimum Gasteiger partial charge on any atom is -0.487 e. The fourth-order valence-electron chi connectivity index (χ4n) is 8.05. The Bertz CT molecular complexity index is 1710. The monoisotopic (exact) mass is 616 g/mol. The van der Waals surface area contributed by atoms with Crippen LogP contribution in [-0.2, 0) is 34.5 Å². The maximum Gasteiger partial charge on any atom is 0.410 e. The summed E-state index contributed by atoms with van der Waals surface area (Å²) in [6.45, 7) is 1.37. The Hall–Kier alpha value is -4.78. The molecule has 0 aromatic heterocycles. The van der Waals surface area contributed by atoms with Gasteiger partial charge in [-0.05, 0) is 78.1 Å². The number of nitrogens with one attached hydrogen (secondary N) is 1. The van der Waals surface area contributed by atoms with Crippen LogP contribution in [-0.4, -0.2) is 36.7 Å². The third kappa shape index (κ3) is 5.70. The van der Waals surface area contributed by atoms with Crippen molar-refractivity contribution in [3.05, 3.63) is 125 Å². The highest BCUT2D eigenvalue weighted by molar-refractivity contribution is 5.96. The van der Waals surface area contributed by atoms with Crippen molar-refractivity contribution in [3.63, 3.8) is 0 Å². The largest absolute Gasteiger partial charge is 0.487 e. The molecule has 236 valence electrons. The van der Waals surface area contributed by atoms with Gasteiger partial charge in [-0.3, -0.25) is 0 Å². The summed E-state index contributed by atoms with van der Waals surface area (Å²) in [5, 5.41) is 3.52. The Morgan fingerprint density at radius 1 is 0.848 bits per heavy atom. The summed E-state index contributed by atoms with van der Waals surface area (Å²) in [5.74, 6) is 0.715. The van der Waals surface area contributed by atoms with Gasteiger partial charge in [-0.2, -0.15) is 0 Å². The number of carbonyl (C=O) groups excluding carboxylic acids is 2. The van der Waals surface area contributed by atoms with Gasteiger partial charge in [-0.1, -0.05) is 85.6 Å². The van der Waals surface area contributed by atoms with Gasteiger partial charge >= 0.3 is 12.1 Å². The molecule has 2 aliphatic carbocycles. The van der Waals surface area contributed by atoms with Gasteiger partial charge in [0, 0.05) is 18.0 Å². The number of hydrogen-bond donors (Lipinski definition) is 1. The number of piperidine rings is 1. The zero-order valence-electron chi connectivity index (χ0n) is 26.2. The van der Waals surface area contributed by atoms with E-state index in [1.54, 1.807) is 6.07 Å². The summed E-state index contributed by atoms with van der Waals surface area (Å²) in [7, 11) is 1.39. The number of rotatable bonds is 8. The first-order valence-electron chi connectivity index (χ1n) is 16.3. The molecule has 7 nitrogen and oxygen atoms in total. The minimum absolute atomic E-state index is 0.0139. The maximum absolute atomic E-state index is 13.6. The third-order valence-corrected chi connectivity index (χ3v) is 10.2. The van der Waals surface area contributed by atoms with Crippen molar-refractivity contribution in [2.45, 2.75) is 63.2 Å². The number of fused-ring (bicyclic) bond motifs is 1. The van der Waals surface area contributed by atoms with Crippen LogP contribution in [0.25, 0.3) is 0 Å². The van der Waals surface area contributed by atoms with Gasteiger partial charge < -0.3 is 24.4 Å². The van der Waals surface area contributed by atoms with Crippen molar-refractivity contribution in [1.29, 1.82) is 0 Å². The van der Waals surface area contributed by atoms with Gasteiger partial charge in [0.1, 0.15) is 19.0 Å². The van der Waals surface area contributed by atoms with Gasteiger partial charge in [-0.15, -0.1) is 0 Å². The number of nitrogens with zero attached hydrogens (tertiary/aromatic N) is 1. The van der Waals surface area contributed by atoms with Gasteiger partial charge in [0.25, 0.3) is 0 Å². The third-order valence-electron chi connectivity index (χ3n) is 10.2. The van der Waals surface area contributed by atoms with Crippen LogP contribution in [0.1, 0.15) is 64.7 Å². The zero-order chi connectivity index (χ0) is 31.5. The second kappa shape index (κ2) is 12.9. The fourth-order valence-corrected chi connectivity index (χ4v) is 8.05. The van der Waals surface area contributed by atoms with Crippen molar-refractivity contribution in [2.24, 2.45) is 5.92 Å². The zero-order valence-corrected chi connectivity index (χ0v) is 26.2. The van der Waals surface area contributed by atoms with Gasteiger partial charge in [0.15, 0.2) is 0 Å². The van der Waals surface area contributed by atoms with Crippen molar-refractivity contribution in [1.82, 2.24) is 4.90 Å². The molecule has 0 unspecified atom stereocenters. The van der Waals surface area contributed by atoms with Crippen LogP contribution in [0.3, 0.4) is 0 Å². The molecule has 4 aromatic rings. The number of ether oxygens (including phenoxy) is 3. The van der Waals surface area contributed by atoms with E-state index in [1.807, 2.05) is 71.6 Å². The molecule has 46 heavy (non-hydrogen) atoms. The summed E-state index contributed by atoms with van der Waals surface area (Å²) in [5.41, 5.74) is 6.50. The molecule has 2 fully saturated rings. The lowest BCUT2D eigenvalue weighted by molar-refractivity contribution is -0.0137. The van der Waals surface area contributed by atoms with E-state index in [9.17, 15) is 9.59 Å². The number of hydrogen-bond acceptors (Lipinski definition) is 6. The topological polar surface area (TPSA) is 77.1 Å². The molecular formula is C39H40N2O5. The molecule has 1 aliphatic heterocycles. The van der Waals surface area contributed by atoms with Crippen LogP contribution in [0.4, 0.5) is 16.2 Å². The molecule has 1 N–H and O–H groups in total. The van der Waals surface area contributed by atoms with Crippen molar-refractivity contribution in [2.75, 3.05) is 19.0 Å². The number of para-hydroxylation sites is 1. The van der Waals surface area contributed by atoms with Gasteiger partial charge in [0.2, 0.25) is 0 Å². The smallest absolute Gasteiger partial charge is 0.410 e. The van der Waals surface area contributed by atoms with Crippen molar-refractivity contribution in [3.8, 4) is 5.75 Å². The number of likely N-dealkylation sites (tertiary alicyclic amines) is 1. The first-order chi connectivity index (χ1) is 22.6. The maximum atomic E-state index is 13.6. The van der Waals surface area contributed by atoms with Gasteiger partial charge in [-0.25, -0.2) is 9.59 Å². The normalized spacial score (nSPS) is 21.4. The van der Waals surface area contributed by atoms with E-state index in [0.717, 1.165) is 48.2 Å². The molecule has 1 amide bonds. The van der Waals surface area contributed by atoms with E-state index >= 15 is 0 Å². The Morgan fingerprint density at radius 2 is 1.57 bits per heavy atom. The first-order valence-corrected chi connectivity index (χ1v) is 16.3. The number of methoxy groups -OCH3 is 1. The van der Waals surface area contributed by atoms with E-state index < -0.39 is 5.97 Å². The number of carbonyl (C=O) groups is 2. The number of amides is 1. The summed E-state index contributed by atoms with van der Waals surface area (Å²) in [6.07, 6.45) is 5.96. The molecule has 1 saturated carbocycles. The highest BCUT2D eigenvalue weighted by Crippen LogP contribution is 2.57. The quantitative estimate of drug-likeness (QED) is 0.201. The Morgan fingerprint density at radius 3 is 2.33 bits per heavy atom. The number of anilines is 2. The standard InChI is InChI=1S/C39H40N2O5/c1-44-37(42)30-16-8-9-18-33(30)40-34-22-29-23-35-31-17-10-11-19-39(31,32(29)24-36(34)45-25-27-12-4-2-5-13-27)20-21-41(35)38(43)46-26-28-14-6-3-7-15-28/h2-9,12-16,18,22,24,31,35,40H,10-11,17,19-21,23,25-26H2,1H3/t31-,35+,39+/m0/s1. The minimum atomic E-state index is -0.407. The highest BCUT2D eigenvalue weighted by Gasteiger charge is 2.55. The summed E-state index contributed by atoms with van der Waals surface area (Å²) < 4.78 is 17.5. The van der Waals surface area contributed by atoms with Crippen LogP contribution in [0.15, 0.2) is 97.1 Å². The summed E-state index contributed by atoms with van der Waals surface area (Å²) in [4.78, 5) is 28.2.